The van der Waals surface area contributed by atoms with Gasteiger partial charge in [-0.15, -0.1) is 0 Å². The van der Waals surface area contributed by atoms with Gasteiger partial charge in [0.15, 0.2) is 0 Å². The van der Waals surface area contributed by atoms with E-state index in [1.54, 1.807) is 0 Å². The fourth-order valence-electron chi connectivity index (χ4n) is 2.69. The monoisotopic (exact) mass is 314 g/mol. The van der Waals surface area contributed by atoms with Gasteiger partial charge in [0.1, 0.15) is 0 Å². The Morgan fingerprint density at radius 1 is 0.773 bits per heavy atom. The summed E-state index contributed by atoms with van der Waals surface area (Å²) in [6.45, 7) is 8.09. The molecule has 4 nitrogen and oxygen atoms in total. The summed E-state index contributed by atoms with van der Waals surface area (Å²) in [5.74, 6) is 0. The van der Waals surface area contributed by atoms with Gasteiger partial charge in [-0.05, 0) is 25.9 Å². The summed E-state index contributed by atoms with van der Waals surface area (Å²) in [7, 11) is 0. The first-order valence-electron chi connectivity index (χ1n) is 9.65. The van der Waals surface area contributed by atoms with Gasteiger partial charge in [-0.3, -0.25) is 0 Å². The number of unbranched alkanes of at least 4 members (excludes halogenated alkanes) is 8. The lowest BCUT2D eigenvalue weighted by Crippen LogP contribution is -2.54. The fraction of sp³-hybridized carbons (Fsp3) is 1.00. The average Bonchev–Trinajstić information content (AvgIpc) is 2.53. The van der Waals surface area contributed by atoms with E-state index in [1.807, 2.05) is 0 Å². The standard InChI is InChI=1S/C18H42N4/c1-3-5-7-9-10-11-13-21-16-17(20)18(15-19)22-14-12-8-6-4-2/h17-18,21-22H,3-16,19-20H2,1-2H3. The highest BCUT2D eigenvalue weighted by Gasteiger charge is 2.14. The number of hydrogen-bond acceptors (Lipinski definition) is 4. The maximum Gasteiger partial charge on any atom is 0.0354 e. The zero-order chi connectivity index (χ0) is 16.5. The third-order valence-corrected chi connectivity index (χ3v) is 4.29. The van der Waals surface area contributed by atoms with Crippen LogP contribution in [0.2, 0.25) is 0 Å². The molecule has 4 heteroatoms. The second kappa shape index (κ2) is 17.2. The Bertz CT molecular complexity index is 211. The van der Waals surface area contributed by atoms with E-state index in [2.05, 4.69) is 24.5 Å². The lowest BCUT2D eigenvalue weighted by molar-refractivity contribution is 0.408. The highest BCUT2D eigenvalue weighted by Crippen LogP contribution is 2.04. The predicted octanol–water partition coefficient (Wildman–Crippen LogP) is 2.76. The van der Waals surface area contributed by atoms with Gasteiger partial charge >= 0.3 is 0 Å². The van der Waals surface area contributed by atoms with Gasteiger partial charge in [-0.1, -0.05) is 65.2 Å². The van der Waals surface area contributed by atoms with Crippen LogP contribution >= 0.6 is 0 Å². The summed E-state index contributed by atoms with van der Waals surface area (Å²) in [5, 5.41) is 6.99. The van der Waals surface area contributed by atoms with Gasteiger partial charge in [0.05, 0.1) is 0 Å². The molecule has 6 N–H and O–H groups in total. The Balaban J connectivity index is 3.50. The van der Waals surface area contributed by atoms with Crippen LogP contribution in [0.5, 0.6) is 0 Å². The van der Waals surface area contributed by atoms with Crippen LogP contribution in [0.15, 0.2) is 0 Å². The molecule has 0 spiro atoms. The molecule has 0 amide bonds. The zero-order valence-electron chi connectivity index (χ0n) is 15.2. The second-order valence-electron chi connectivity index (χ2n) is 6.49. The third-order valence-electron chi connectivity index (χ3n) is 4.29. The summed E-state index contributed by atoms with van der Waals surface area (Å²) >= 11 is 0. The summed E-state index contributed by atoms with van der Waals surface area (Å²) in [5.41, 5.74) is 12.1. The topological polar surface area (TPSA) is 76.1 Å². The van der Waals surface area contributed by atoms with E-state index >= 15 is 0 Å². The van der Waals surface area contributed by atoms with Crippen molar-refractivity contribution in [2.45, 2.75) is 90.1 Å². The average molecular weight is 315 g/mol. The minimum absolute atomic E-state index is 0.108. The SMILES string of the molecule is CCCCCCCCNCC(N)C(CN)NCCCCCC. The normalized spacial score (nSPS) is 14.2. The molecule has 0 aliphatic rings. The minimum Gasteiger partial charge on any atom is -0.329 e. The molecule has 0 heterocycles. The Morgan fingerprint density at radius 2 is 1.32 bits per heavy atom. The third kappa shape index (κ3) is 13.5. The number of nitrogens with one attached hydrogen (secondary N) is 2. The molecule has 0 aromatic heterocycles. The lowest BCUT2D eigenvalue weighted by Gasteiger charge is -2.24. The van der Waals surface area contributed by atoms with Crippen LogP contribution in [-0.2, 0) is 0 Å². The minimum atomic E-state index is 0.108. The van der Waals surface area contributed by atoms with Crippen LogP contribution in [0.4, 0.5) is 0 Å². The summed E-state index contributed by atoms with van der Waals surface area (Å²) < 4.78 is 0. The Kier molecular flexibility index (Phi) is 17.1. The molecule has 0 aliphatic carbocycles. The van der Waals surface area contributed by atoms with Crippen molar-refractivity contribution >= 4 is 0 Å². The molecule has 0 rings (SSSR count). The van der Waals surface area contributed by atoms with Gasteiger partial charge in [0, 0.05) is 25.2 Å². The molecule has 0 saturated heterocycles. The van der Waals surface area contributed by atoms with Crippen molar-refractivity contribution < 1.29 is 0 Å². The first-order chi connectivity index (χ1) is 10.8. The van der Waals surface area contributed by atoms with Crippen LogP contribution in [0.3, 0.4) is 0 Å². The van der Waals surface area contributed by atoms with E-state index < -0.39 is 0 Å². The van der Waals surface area contributed by atoms with Crippen LogP contribution in [0.1, 0.15) is 78.1 Å². The summed E-state index contributed by atoms with van der Waals surface area (Å²) in [6.07, 6.45) is 13.2. The van der Waals surface area contributed by atoms with Crippen molar-refractivity contribution in [3.05, 3.63) is 0 Å². The first kappa shape index (κ1) is 21.8. The molecule has 134 valence electrons. The maximum absolute atomic E-state index is 6.24. The van der Waals surface area contributed by atoms with Gasteiger partial charge in [0.25, 0.3) is 0 Å². The van der Waals surface area contributed by atoms with Crippen LogP contribution in [0.25, 0.3) is 0 Å². The van der Waals surface area contributed by atoms with Crippen molar-refractivity contribution in [2.75, 3.05) is 26.2 Å². The number of nitrogens with two attached hydrogens (primary N) is 2. The first-order valence-corrected chi connectivity index (χ1v) is 9.65. The molecule has 0 aliphatic heterocycles. The van der Waals surface area contributed by atoms with Crippen molar-refractivity contribution in [1.29, 1.82) is 0 Å². The highest BCUT2D eigenvalue weighted by molar-refractivity contribution is 4.82. The van der Waals surface area contributed by atoms with Crippen molar-refractivity contribution in [3.8, 4) is 0 Å². The summed E-state index contributed by atoms with van der Waals surface area (Å²) in [4.78, 5) is 0. The van der Waals surface area contributed by atoms with Crippen LogP contribution < -0.4 is 22.1 Å². The second-order valence-corrected chi connectivity index (χ2v) is 6.49. The van der Waals surface area contributed by atoms with Gasteiger partial charge in [0.2, 0.25) is 0 Å². The van der Waals surface area contributed by atoms with E-state index in [1.165, 1.54) is 64.2 Å². The molecule has 0 fully saturated rings. The van der Waals surface area contributed by atoms with Crippen molar-refractivity contribution in [1.82, 2.24) is 10.6 Å². The summed E-state index contributed by atoms with van der Waals surface area (Å²) in [6, 6.07) is 0.343. The predicted molar refractivity (Wildman–Crippen MR) is 99.2 cm³/mol. The maximum atomic E-state index is 6.24. The molecule has 2 unspecified atom stereocenters. The van der Waals surface area contributed by atoms with Gasteiger partial charge in [-0.25, -0.2) is 0 Å². The van der Waals surface area contributed by atoms with E-state index in [9.17, 15) is 0 Å². The fourth-order valence-corrected chi connectivity index (χ4v) is 2.69. The number of hydrogen-bond donors (Lipinski definition) is 4. The van der Waals surface area contributed by atoms with Crippen LogP contribution in [-0.4, -0.2) is 38.3 Å². The highest BCUT2D eigenvalue weighted by atomic mass is 15.0. The van der Waals surface area contributed by atoms with E-state index in [-0.39, 0.29) is 12.1 Å². The molecule has 22 heavy (non-hydrogen) atoms. The van der Waals surface area contributed by atoms with Crippen molar-refractivity contribution in [3.63, 3.8) is 0 Å². The van der Waals surface area contributed by atoms with E-state index in [4.69, 9.17) is 11.5 Å². The molecule has 0 aromatic rings. The molecule has 0 aromatic carbocycles. The molecular formula is C18H42N4. The lowest BCUT2D eigenvalue weighted by atomic mass is 10.1. The van der Waals surface area contributed by atoms with Crippen LogP contribution in [0, 0.1) is 0 Å². The van der Waals surface area contributed by atoms with Crippen molar-refractivity contribution in [2.24, 2.45) is 11.5 Å². The van der Waals surface area contributed by atoms with Gasteiger partial charge < -0.3 is 22.1 Å². The molecule has 2 atom stereocenters. The molecule has 0 bridgehead atoms. The molecule has 0 radical (unpaired) electrons. The molecular weight excluding hydrogens is 272 g/mol. The quantitative estimate of drug-likeness (QED) is 0.311. The van der Waals surface area contributed by atoms with E-state index in [0.717, 1.165) is 19.6 Å². The zero-order valence-corrected chi connectivity index (χ0v) is 15.2. The Hall–Kier alpha value is -0.160. The smallest absolute Gasteiger partial charge is 0.0354 e. The number of rotatable bonds is 17. The van der Waals surface area contributed by atoms with E-state index in [0.29, 0.717) is 6.54 Å². The van der Waals surface area contributed by atoms with Gasteiger partial charge in [-0.2, -0.15) is 0 Å². The molecule has 0 saturated carbocycles. The Morgan fingerprint density at radius 3 is 1.95 bits per heavy atom. The largest absolute Gasteiger partial charge is 0.329 e. The Labute approximate surface area is 139 Å².